The van der Waals surface area contributed by atoms with Crippen LogP contribution in [0.2, 0.25) is 0 Å². The molecule has 0 bridgehead atoms. The normalized spacial score (nSPS) is 14.1. The molecule has 0 aliphatic carbocycles. The summed E-state index contributed by atoms with van der Waals surface area (Å²) < 4.78 is 1.57. The van der Waals surface area contributed by atoms with Gasteiger partial charge >= 0.3 is 0 Å². The number of piperidine rings is 1. The lowest BCUT2D eigenvalue weighted by atomic mass is 10.1. The second kappa shape index (κ2) is 7.97. The summed E-state index contributed by atoms with van der Waals surface area (Å²) in [6.45, 7) is 4.29. The van der Waals surface area contributed by atoms with Crippen molar-refractivity contribution in [1.82, 2.24) is 19.5 Å². The average Bonchev–Trinajstić information content (AvgIpc) is 2.75. The predicted octanol–water partition coefficient (Wildman–Crippen LogP) is 1.62. The van der Waals surface area contributed by atoms with E-state index in [1.165, 1.54) is 25.5 Å². The number of nitrogens with zero attached hydrogens (tertiary/aromatic N) is 5. The fourth-order valence-electron chi connectivity index (χ4n) is 3.76. The van der Waals surface area contributed by atoms with Crippen LogP contribution >= 0.6 is 0 Å². The van der Waals surface area contributed by atoms with Crippen LogP contribution in [-0.4, -0.2) is 38.5 Å². The molecule has 5 N–H and O–H groups in total. The number of carbonyl (C=O) groups excluding carboxylic acids is 1. The van der Waals surface area contributed by atoms with E-state index in [1.54, 1.807) is 10.8 Å². The number of aromatic nitrogens is 4. The maximum absolute atomic E-state index is 12.6. The summed E-state index contributed by atoms with van der Waals surface area (Å²) in [5.41, 5.74) is 11.6. The number of anilines is 4. The van der Waals surface area contributed by atoms with Gasteiger partial charge in [-0.05, 0) is 38.3 Å². The maximum Gasteiger partial charge on any atom is 0.256 e. The van der Waals surface area contributed by atoms with Gasteiger partial charge in [0.15, 0.2) is 5.65 Å². The van der Waals surface area contributed by atoms with Gasteiger partial charge < -0.3 is 26.3 Å². The van der Waals surface area contributed by atoms with Gasteiger partial charge in [-0.15, -0.1) is 0 Å². The van der Waals surface area contributed by atoms with E-state index in [0.29, 0.717) is 18.1 Å². The first-order valence-corrected chi connectivity index (χ1v) is 9.96. The minimum Gasteiger partial charge on any atom is -0.384 e. The maximum atomic E-state index is 12.6. The van der Waals surface area contributed by atoms with Crippen molar-refractivity contribution in [2.45, 2.75) is 32.7 Å². The van der Waals surface area contributed by atoms with Crippen molar-refractivity contribution < 1.29 is 4.79 Å². The Kier molecular flexibility index (Phi) is 5.21. The van der Waals surface area contributed by atoms with Crippen LogP contribution in [0.5, 0.6) is 0 Å². The average molecular weight is 408 g/mol. The number of nitrogens with one attached hydrogen (secondary N) is 1. The summed E-state index contributed by atoms with van der Waals surface area (Å²) in [6.07, 6.45) is 6.75. The Balaban J connectivity index is 1.66. The summed E-state index contributed by atoms with van der Waals surface area (Å²) in [5.74, 6) is 0.373. The zero-order valence-electron chi connectivity index (χ0n) is 16.8. The molecule has 1 fully saturated rings. The summed E-state index contributed by atoms with van der Waals surface area (Å²) in [7, 11) is 0. The summed E-state index contributed by atoms with van der Waals surface area (Å²) >= 11 is 0. The minimum absolute atomic E-state index is 0.000277. The van der Waals surface area contributed by atoms with Crippen molar-refractivity contribution in [1.29, 1.82) is 0 Å². The monoisotopic (exact) mass is 408 g/mol. The van der Waals surface area contributed by atoms with Crippen LogP contribution in [0.25, 0.3) is 11.0 Å². The molecule has 0 radical (unpaired) electrons. The number of aryl methyl sites for hydroxylation is 1. The molecule has 0 unspecified atom stereocenters. The van der Waals surface area contributed by atoms with Gasteiger partial charge in [0.25, 0.3) is 5.91 Å². The minimum atomic E-state index is -0.872. The molecule has 1 saturated heterocycles. The molecule has 3 aromatic rings. The lowest BCUT2D eigenvalue weighted by Crippen LogP contribution is -2.30. The third-order valence-corrected chi connectivity index (χ3v) is 5.29. The molecule has 4 heterocycles. The molecule has 10 nitrogen and oxygen atoms in total. The van der Waals surface area contributed by atoms with Crippen molar-refractivity contribution in [2.24, 2.45) is 5.73 Å². The summed E-state index contributed by atoms with van der Waals surface area (Å²) in [5, 5.41) is 3.29. The molecule has 0 saturated carbocycles. The van der Waals surface area contributed by atoms with E-state index in [2.05, 4.69) is 25.2 Å². The Bertz CT molecular complexity index is 1150. The number of hydrogen-bond acceptors (Lipinski definition) is 8. The molecular weight excluding hydrogens is 384 g/mol. The second-order valence-electron chi connectivity index (χ2n) is 7.21. The van der Waals surface area contributed by atoms with E-state index in [1.807, 2.05) is 19.1 Å². The fourth-order valence-corrected chi connectivity index (χ4v) is 3.76. The van der Waals surface area contributed by atoms with Crippen molar-refractivity contribution >= 4 is 40.2 Å². The fraction of sp³-hybridized carbons (Fsp3) is 0.350. The van der Waals surface area contributed by atoms with Crippen LogP contribution in [-0.2, 0) is 6.54 Å². The smallest absolute Gasteiger partial charge is 0.256 e. The Morgan fingerprint density at radius 3 is 2.57 bits per heavy atom. The van der Waals surface area contributed by atoms with E-state index in [9.17, 15) is 9.59 Å². The highest BCUT2D eigenvalue weighted by Gasteiger charge is 2.20. The lowest BCUT2D eigenvalue weighted by molar-refractivity contribution is 0.1000. The highest BCUT2D eigenvalue weighted by atomic mass is 16.2. The van der Waals surface area contributed by atoms with Crippen molar-refractivity contribution in [3.63, 3.8) is 0 Å². The van der Waals surface area contributed by atoms with E-state index in [0.717, 1.165) is 24.6 Å². The summed E-state index contributed by atoms with van der Waals surface area (Å²) in [4.78, 5) is 39.7. The molecule has 0 atom stereocenters. The molecule has 0 spiro atoms. The van der Waals surface area contributed by atoms with Gasteiger partial charge in [0.05, 0.1) is 17.3 Å². The van der Waals surface area contributed by atoms with Crippen LogP contribution in [0.3, 0.4) is 0 Å². The molecule has 156 valence electrons. The first-order valence-electron chi connectivity index (χ1n) is 9.96. The second-order valence-corrected chi connectivity index (χ2v) is 7.21. The standard InChI is InChI=1S/C20H24N8O2/c1-2-28-17(21)15(18(22)30)16(29)13-11-24-20(26-19(13)28)25-12-6-7-14(23-10-12)27-8-4-3-5-9-27/h6-7,10-11H,2-5,8-9,21H2,1H3,(H2,22,30)(H,24,25,26). The van der Waals surface area contributed by atoms with Crippen LogP contribution in [0, 0.1) is 0 Å². The number of fused-ring (bicyclic) bond motifs is 1. The molecule has 4 rings (SSSR count). The van der Waals surface area contributed by atoms with E-state index >= 15 is 0 Å². The number of rotatable bonds is 5. The van der Waals surface area contributed by atoms with Gasteiger partial charge in [-0.25, -0.2) is 9.97 Å². The Morgan fingerprint density at radius 2 is 1.93 bits per heavy atom. The highest BCUT2D eigenvalue weighted by Crippen LogP contribution is 2.22. The highest BCUT2D eigenvalue weighted by molar-refractivity contribution is 6.00. The lowest BCUT2D eigenvalue weighted by Gasteiger charge is -2.27. The first-order chi connectivity index (χ1) is 14.5. The third kappa shape index (κ3) is 3.51. The van der Waals surface area contributed by atoms with Gasteiger partial charge in [0.1, 0.15) is 17.2 Å². The van der Waals surface area contributed by atoms with E-state index < -0.39 is 11.3 Å². The van der Waals surface area contributed by atoms with Gasteiger partial charge in [-0.1, -0.05) is 0 Å². The number of nitrogens with two attached hydrogens (primary N) is 2. The number of nitrogen functional groups attached to an aromatic ring is 1. The Morgan fingerprint density at radius 1 is 1.17 bits per heavy atom. The van der Waals surface area contributed by atoms with E-state index in [-0.39, 0.29) is 16.8 Å². The molecule has 1 amide bonds. The van der Waals surface area contributed by atoms with Crippen LogP contribution in [0.4, 0.5) is 23.3 Å². The zero-order valence-corrected chi connectivity index (χ0v) is 16.8. The van der Waals surface area contributed by atoms with Crippen molar-refractivity contribution in [2.75, 3.05) is 29.0 Å². The Labute approximate surface area is 172 Å². The van der Waals surface area contributed by atoms with Gasteiger partial charge in [-0.3, -0.25) is 9.59 Å². The number of hydrogen-bond donors (Lipinski definition) is 3. The van der Waals surface area contributed by atoms with Crippen molar-refractivity contribution in [3.05, 3.63) is 40.3 Å². The SMILES string of the molecule is CCn1c(N)c(C(N)=O)c(=O)c2cnc(Nc3ccc(N4CCCCC4)nc3)nc21. The molecule has 10 heteroatoms. The third-order valence-electron chi connectivity index (χ3n) is 5.29. The molecular formula is C20H24N8O2. The van der Waals surface area contributed by atoms with E-state index in [4.69, 9.17) is 11.5 Å². The van der Waals surface area contributed by atoms with Crippen molar-refractivity contribution in [3.8, 4) is 0 Å². The molecule has 0 aromatic carbocycles. The first kappa shape index (κ1) is 19.6. The number of amides is 1. The number of primary amides is 1. The molecule has 1 aliphatic rings. The zero-order chi connectivity index (χ0) is 21.3. The van der Waals surface area contributed by atoms with Crippen LogP contribution in [0.15, 0.2) is 29.3 Å². The van der Waals surface area contributed by atoms with Gasteiger partial charge in [-0.2, -0.15) is 4.98 Å². The topological polar surface area (TPSA) is 145 Å². The number of carbonyl (C=O) groups is 1. The number of pyridine rings is 2. The molecule has 1 aliphatic heterocycles. The predicted molar refractivity (Wildman–Crippen MR) is 116 cm³/mol. The van der Waals surface area contributed by atoms with Crippen LogP contribution in [0.1, 0.15) is 36.5 Å². The quantitative estimate of drug-likeness (QED) is 0.577. The van der Waals surface area contributed by atoms with Gasteiger partial charge in [0.2, 0.25) is 11.4 Å². The van der Waals surface area contributed by atoms with Crippen LogP contribution < -0.4 is 27.1 Å². The van der Waals surface area contributed by atoms with Gasteiger partial charge in [0, 0.05) is 25.8 Å². The molecule has 30 heavy (non-hydrogen) atoms. The Hall–Kier alpha value is -3.69. The summed E-state index contributed by atoms with van der Waals surface area (Å²) in [6, 6.07) is 3.88. The molecule has 3 aromatic heterocycles. The largest absolute Gasteiger partial charge is 0.384 e.